The lowest BCUT2D eigenvalue weighted by molar-refractivity contribution is -0.139. The van der Waals surface area contributed by atoms with Crippen molar-refractivity contribution in [3.63, 3.8) is 0 Å². The van der Waals surface area contributed by atoms with Gasteiger partial charge in [0.1, 0.15) is 5.88 Å². The number of alkyl halides is 1. The van der Waals surface area contributed by atoms with E-state index in [-0.39, 0.29) is 23.1 Å². The number of piperidine rings is 1. The summed E-state index contributed by atoms with van der Waals surface area (Å²) >= 11 is 5.66. The molecule has 0 saturated carbocycles. The third kappa shape index (κ3) is 4.55. The zero-order chi connectivity index (χ0) is 19.3. The highest BCUT2D eigenvalue weighted by Gasteiger charge is 2.39. The van der Waals surface area contributed by atoms with E-state index >= 15 is 0 Å². The molecule has 2 aliphatic rings. The van der Waals surface area contributed by atoms with E-state index < -0.39 is 0 Å². The molecule has 27 heavy (non-hydrogen) atoms. The van der Waals surface area contributed by atoms with Crippen LogP contribution in [0.2, 0.25) is 0 Å². The average molecular weight is 389 g/mol. The summed E-state index contributed by atoms with van der Waals surface area (Å²) < 4.78 is 0. The van der Waals surface area contributed by atoms with E-state index in [2.05, 4.69) is 36.5 Å². The van der Waals surface area contributed by atoms with Gasteiger partial charge in [-0.1, -0.05) is 49.4 Å². The SMILES string of the molecule is C[C@@H]1CC=CC[C@H]1C(=O)N1CCC(CNC(=O)CCl)(c2ccccc2)CC1. The fourth-order valence-corrected chi connectivity index (χ4v) is 4.45. The number of halogens is 1. The van der Waals surface area contributed by atoms with Gasteiger partial charge in [-0.15, -0.1) is 11.6 Å². The van der Waals surface area contributed by atoms with Gasteiger partial charge in [0.05, 0.1) is 0 Å². The topological polar surface area (TPSA) is 49.4 Å². The van der Waals surface area contributed by atoms with E-state index in [1.807, 2.05) is 23.1 Å². The van der Waals surface area contributed by atoms with Gasteiger partial charge in [0.2, 0.25) is 11.8 Å². The Morgan fingerprint density at radius 3 is 2.44 bits per heavy atom. The van der Waals surface area contributed by atoms with Crippen LogP contribution >= 0.6 is 11.6 Å². The number of rotatable bonds is 5. The lowest BCUT2D eigenvalue weighted by atomic mass is 9.72. The molecular weight excluding hydrogens is 360 g/mol. The largest absolute Gasteiger partial charge is 0.354 e. The van der Waals surface area contributed by atoms with Crippen LogP contribution in [0.5, 0.6) is 0 Å². The molecule has 1 aliphatic heterocycles. The first-order valence-electron chi connectivity index (χ1n) is 9.88. The van der Waals surface area contributed by atoms with Gasteiger partial charge < -0.3 is 10.2 Å². The Balaban J connectivity index is 1.70. The maximum atomic E-state index is 13.0. The minimum atomic E-state index is -0.145. The number of carbonyl (C=O) groups excluding carboxylic acids is 2. The molecule has 2 amide bonds. The Morgan fingerprint density at radius 2 is 1.81 bits per heavy atom. The first kappa shape index (κ1) is 19.9. The van der Waals surface area contributed by atoms with Gasteiger partial charge in [0.15, 0.2) is 0 Å². The number of nitrogens with one attached hydrogen (secondary N) is 1. The van der Waals surface area contributed by atoms with E-state index in [0.717, 1.165) is 38.8 Å². The second kappa shape index (κ2) is 8.92. The van der Waals surface area contributed by atoms with Crippen LogP contribution in [0.4, 0.5) is 0 Å². The molecular formula is C22H29ClN2O2. The van der Waals surface area contributed by atoms with Crippen LogP contribution in [0, 0.1) is 11.8 Å². The zero-order valence-corrected chi connectivity index (χ0v) is 16.8. The Bertz CT molecular complexity index is 681. The van der Waals surface area contributed by atoms with Gasteiger partial charge in [0, 0.05) is 31.0 Å². The summed E-state index contributed by atoms with van der Waals surface area (Å²) in [6.07, 6.45) is 7.87. The fraction of sp³-hybridized carbons (Fsp3) is 0.545. The summed E-state index contributed by atoms with van der Waals surface area (Å²) in [5.74, 6) is 0.635. The van der Waals surface area contributed by atoms with E-state index in [1.165, 1.54) is 5.56 Å². The number of likely N-dealkylation sites (tertiary alicyclic amines) is 1. The van der Waals surface area contributed by atoms with Crippen LogP contribution in [-0.2, 0) is 15.0 Å². The molecule has 0 spiro atoms. The smallest absolute Gasteiger partial charge is 0.234 e. The van der Waals surface area contributed by atoms with Crippen molar-refractivity contribution in [2.45, 2.75) is 38.0 Å². The van der Waals surface area contributed by atoms with Gasteiger partial charge in [-0.05, 0) is 37.2 Å². The summed E-state index contributed by atoms with van der Waals surface area (Å²) in [6.45, 7) is 4.20. The van der Waals surface area contributed by atoms with E-state index in [0.29, 0.717) is 18.4 Å². The highest BCUT2D eigenvalue weighted by atomic mass is 35.5. The van der Waals surface area contributed by atoms with Gasteiger partial charge >= 0.3 is 0 Å². The van der Waals surface area contributed by atoms with Gasteiger partial charge in [-0.2, -0.15) is 0 Å². The molecule has 2 atom stereocenters. The van der Waals surface area contributed by atoms with Crippen molar-refractivity contribution in [2.24, 2.45) is 11.8 Å². The van der Waals surface area contributed by atoms with Crippen molar-refractivity contribution < 1.29 is 9.59 Å². The molecule has 5 heteroatoms. The molecule has 1 aromatic rings. The minimum Gasteiger partial charge on any atom is -0.354 e. The number of nitrogens with zero attached hydrogens (tertiary/aromatic N) is 1. The van der Waals surface area contributed by atoms with Crippen molar-refractivity contribution >= 4 is 23.4 Å². The normalized spacial score (nSPS) is 24.4. The Kier molecular flexibility index (Phi) is 6.59. The molecule has 0 unspecified atom stereocenters. The minimum absolute atomic E-state index is 0.0252. The lowest BCUT2D eigenvalue weighted by Gasteiger charge is -2.43. The Morgan fingerprint density at radius 1 is 1.15 bits per heavy atom. The average Bonchev–Trinajstić information content (AvgIpc) is 2.73. The number of benzene rings is 1. The summed E-state index contributed by atoms with van der Waals surface area (Å²) in [4.78, 5) is 26.8. The summed E-state index contributed by atoms with van der Waals surface area (Å²) in [5, 5.41) is 2.97. The third-order valence-electron chi connectivity index (χ3n) is 6.23. The van der Waals surface area contributed by atoms with Crippen LogP contribution in [0.15, 0.2) is 42.5 Å². The second-order valence-corrected chi connectivity index (χ2v) is 8.18. The van der Waals surface area contributed by atoms with E-state index in [9.17, 15) is 9.59 Å². The number of hydrogen-bond acceptors (Lipinski definition) is 2. The monoisotopic (exact) mass is 388 g/mol. The van der Waals surface area contributed by atoms with Crippen molar-refractivity contribution in [2.75, 3.05) is 25.5 Å². The molecule has 1 saturated heterocycles. The first-order chi connectivity index (χ1) is 13.1. The summed E-state index contributed by atoms with van der Waals surface area (Å²) in [6, 6.07) is 10.3. The lowest BCUT2D eigenvalue weighted by Crippen LogP contribution is -2.52. The second-order valence-electron chi connectivity index (χ2n) is 7.91. The van der Waals surface area contributed by atoms with E-state index in [4.69, 9.17) is 11.6 Å². The standard InChI is InChI=1S/C22H29ClN2O2/c1-17-7-5-6-10-19(17)21(27)25-13-11-22(12-14-25,16-24-20(26)15-23)18-8-3-2-4-9-18/h2-6,8-9,17,19H,7,10-16H2,1H3,(H,24,26)/t17-,19-/m1/s1. The van der Waals surface area contributed by atoms with Crippen LogP contribution < -0.4 is 5.32 Å². The predicted octanol–water partition coefficient (Wildman–Crippen LogP) is 3.50. The van der Waals surface area contributed by atoms with Crippen LogP contribution in [0.1, 0.15) is 38.2 Å². The van der Waals surface area contributed by atoms with Gasteiger partial charge in [-0.3, -0.25) is 9.59 Å². The third-order valence-corrected chi connectivity index (χ3v) is 6.48. The first-order valence-corrected chi connectivity index (χ1v) is 10.4. The molecule has 0 bridgehead atoms. The van der Waals surface area contributed by atoms with Crippen molar-refractivity contribution in [3.8, 4) is 0 Å². The predicted molar refractivity (Wildman–Crippen MR) is 109 cm³/mol. The molecule has 3 rings (SSSR count). The molecule has 4 nitrogen and oxygen atoms in total. The molecule has 1 aliphatic carbocycles. The molecule has 1 heterocycles. The van der Waals surface area contributed by atoms with Crippen molar-refractivity contribution in [1.29, 1.82) is 0 Å². The summed E-state index contributed by atoms with van der Waals surface area (Å²) in [5.41, 5.74) is 1.08. The maximum Gasteiger partial charge on any atom is 0.234 e. The molecule has 1 N–H and O–H groups in total. The van der Waals surface area contributed by atoms with Crippen LogP contribution in [0.3, 0.4) is 0 Å². The number of hydrogen-bond donors (Lipinski definition) is 1. The van der Waals surface area contributed by atoms with Gasteiger partial charge in [0.25, 0.3) is 0 Å². The van der Waals surface area contributed by atoms with Crippen LogP contribution in [-0.4, -0.2) is 42.2 Å². The number of carbonyl (C=O) groups is 2. The fourth-order valence-electron chi connectivity index (χ4n) is 4.36. The molecule has 0 radical (unpaired) electrons. The van der Waals surface area contributed by atoms with Crippen molar-refractivity contribution in [3.05, 3.63) is 48.0 Å². The highest BCUT2D eigenvalue weighted by molar-refractivity contribution is 6.27. The number of allylic oxidation sites excluding steroid dienone is 2. The van der Waals surface area contributed by atoms with Gasteiger partial charge in [-0.25, -0.2) is 0 Å². The molecule has 146 valence electrons. The van der Waals surface area contributed by atoms with E-state index in [1.54, 1.807) is 0 Å². The highest BCUT2D eigenvalue weighted by Crippen LogP contribution is 2.36. The number of amides is 2. The molecule has 1 fully saturated rings. The summed E-state index contributed by atoms with van der Waals surface area (Å²) in [7, 11) is 0. The maximum absolute atomic E-state index is 13.0. The van der Waals surface area contributed by atoms with Crippen molar-refractivity contribution in [1.82, 2.24) is 10.2 Å². The Hall–Kier alpha value is -1.81. The molecule has 0 aromatic heterocycles. The quantitative estimate of drug-likeness (QED) is 0.620. The molecule has 1 aromatic carbocycles. The Labute approximate surface area is 167 Å². The zero-order valence-electron chi connectivity index (χ0n) is 16.0. The van der Waals surface area contributed by atoms with Crippen LogP contribution in [0.25, 0.3) is 0 Å².